The SMILES string of the molecule is CC(NC(=S)NCc1cccnc1)c1ccc(Br)cc1. The molecule has 0 fully saturated rings. The van der Waals surface area contributed by atoms with Gasteiger partial charge in [0.15, 0.2) is 5.11 Å². The lowest BCUT2D eigenvalue weighted by molar-refractivity contribution is 0.697. The lowest BCUT2D eigenvalue weighted by Crippen LogP contribution is -2.36. The van der Waals surface area contributed by atoms with Crippen LogP contribution in [0.2, 0.25) is 0 Å². The van der Waals surface area contributed by atoms with Gasteiger partial charge in [0.2, 0.25) is 0 Å². The zero-order chi connectivity index (χ0) is 14.4. The molecule has 2 N–H and O–H groups in total. The Hall–Kier alpha value is -1.46. The van der Waals surface area contributed by atoms with Crippen LogP contribution in [0.4, 0.5) is 0 Å². The summed E-state index contributed by atoms with van der Waals surface area (Å²) >= 11 is 8.73. The van der Waals surface area contributed by atoms with Gasteiger partial charge in [0.1, 0.15) is 0 Å². The molecule has 1 unspecified atom stereocenters. The quantitative estimate of drug-likeness (QED) is 0.827. The molecule has 0 aliphatic heterocycles. The van der Waals surface area contributed by atoms with Gasteiger partial charge in [-0.2, -0.15) is 0 Å². The van der Waals surface area contributed by atoms with Crippen molar-refractivity contribution in [2.24, 2.45) is 0 Å². The fraction of sp³-hybridized carbons (Fsp3) is 0.200. The fourth-order valence-electron chi connectivity index (χ4n) is 1.77. The highest BCUT2D eigenvalue weighted by Gasteiger charge is 2.06. The van der Waals surface area contributed by atoms with Crippen LogP contribution in [0.5, 0.6) is 0 Å². The van der Waals surface area contributed by atoms with Crippen molar-refractivity contribution < 1.29 is 0 Å². The van der Waals surface area contributed by atoms with Crippen LogP contribution in [0.25, 0.3) is 0 Å². The highest BCUT2D eigenvalue weighted by atomic mass is 79.9. The van der Waals surface area contributed by atoms with Crippen molar-refractivity contribution in [3.8, 4) is 0 Å². The Morgan fingerprint density at radius 1 is 1.30 bits per heavy atom. The smallest absolute Gasteiger partial charge is 0.167 e. The van der Waals surface area contributed by atoms with Gasteiger partial charge < -0.3 is 10.6 Å². The van der Waals surface area contributed by atoms with Gasteiger partial charge in [0, 0.05) is 23.4 Å². The van der Waals surface area contributed by atoms with Crippen LogP contribution in [-0.4, -0.2) is 10.1 Å². The summed E-state index contributed by atoms with van der Waals surface area (Å²) in [6.07, 6.45) is 3.59. The molecule has 1 aromatic heterocycles. The number of nitrogens with one attached hydrogen (secondary N) is 2. The number of pyridine rings is 1. The minimum Gasteiger partial charge on any atom is -0.359 e. The molecule has 0 aliphatic rings. The third-order valence-corrected chi connectivity index (χ3v) is 3.68. The average molecular weight is 350 g/mol. The maximum absolute atomic E-state index is 5.30. The summed E-state index contributed by atoms with van der Waals surface area (Å²) in [7, 11) is 0. The molecule has 1 atom stereocenters. The van der Waals surface area contributed by atoms with E-state index in [1.54, 1.807) is 6.20 Å². The number of nitrogens with zero attached hydrogens (tertiary/aromatic N) is 1. The number of rotatable bonds is 4. The first-order valence-corrected chi connectivity index (χ1v) is 7.54. The highest BCUT2D eigenvalue weighted by Crippen LogP contribution is 2.16. The lowest BCUT2D eigenvalue weighted by atomic mass is 10.1. The molecule has 104 valence electrons. The molecule has 1 heterocycles. The topological polar surface area (TPSA) is 37.0 Å². The Kier molecular flexibility index (Phi) is 5.49. The van der Waals surface area contributed by atoms with Crippen LogP contribution in [0.3, 0.4) is 0 Å². The van der Waals surface area contributed by atoms with E-state index in [0.29, 0.717) is 11.7 Å². The first kappa shape index (κ1) is 14.9. The molecule has 0 radical (unpaired) electrons. The maximum atomic E-state index is 5.30. The summed E-state index contributed by atoms with van der Waals surface area (Å²) in [5.41, 5.74) is 2.30. The molecule has 0 spiro atoms. The van der Waals surface area contributed by atoms with E-state index in [-0.39, 0.29) is 6.04 Å². The van der Waals surface area contributed by atoms with Crippen LogP contribution in [-0.2, 0) is 6.54 Å². The number of benzene rings is 1. The summed E-state index contributed by atoms with van der Waals surface area (Å²) in [6.45, 7) is 2.76. The van der Waals surface area contributed by atoms with E-state index in [4.69, 9.17) is 12.2 Å². The normalized spacial score (nSPS) is 11.7. The van der Waals surface area contributed by atoms with Crippen molar-refractivity contribution in [2.45, 2.75) is 19.5 Å². The molecule has 0 amide bonds. The Morgan fingerprint density at radius 3 is 2.70 bits per heavy atom. The molecule has 0 saturated heterocycles. The Balaban J connectivity index is 1.83. The van der Waals surface area contributed by atoms with Crippen LogP contribution >= 0.6 is 28.1 Å². The zero-order valence-corrected chi connectivity index (χ0v) is 13.5. The number of hydrogen-bond donors (Lipinski definition) is 2. The predicted octanol–water partition coefficient (Wildman–Crippen LogP) is 3.57. The molecular weight excluding hydrogens is 334 g/mol. The summed E-state index contributed by atoms with van der Waals surface area (Å²) in [5, 5.41) is 7.10. The van der Waals surface area contributed by atoms with Gasteiger partial charge in [-0.3, -0.25) is 4.98 Å². The Labute approximate surface area is 132 Å². The van der Waals surface area contributed by atoms with Gasteiger partial charge >= 0.3 is 0 Å². The predicted molar refractivity (Wildman–Crippen MR) is 89.4 cm³/mol. The van der Waals surface area contributed by atoms with Crippen LogP contribution in [0.15, 0.2) is 53.3 Å². The number of thiocarbonyl (C=S) groups is 1. The standard InChI is InChI=1S/C15H16BrN3S/c1-11(13-4-6-14(16)7-5-13)19-15(20)18-10-12-3-2-8-17-9-12/h2-9,11H,10H2,1H3,(H2,18,19,20). The summed E-state index contributed by atoms with van der Waals surface area (Å²) in [5.74, 6) is 0. The number of hydrogen-bond acceptors (Lipinski definition) is 2. The maximum Gasteiger partial charge on any atom is 0.167 e. The molecule has 1 aromatic carbocycles. The van der Waals surface area contributed by atoms with Crippen molar-refractivity contribution in [3.05, 3.63) is 64.4 Å². The summed E-state index contributed by atoms with van der Waals surface area (Å²) in [4.78, 5) is 4.07. The van der Waals surface area contributed by atoms with E-state index >= 15 is 0 Å². The van der Waals surface area contributed by atoms with Crippen molar-refractivity contribution in [2.75, 3.05) is 0 Å². The molecule has 2 aromatic rings. The molecule has 0 bridgehead atoms. The van der Waals surface area contributed by atoms with Gasteiger partial charge in [-0.15, -0.1) is 0 Å². The molecular formula is C15H16BrN3S. The van der Waals surface area contributed by atoms with E-state index in [2.05, 4.69) is 50.6 Å². The van der Waals surface area contributed by atoms with E-state index in [1.807, 2.05) is 30.5 Å². The fourth-order valence-corrected chi connectivity index (χ4v) is 2.28. The number of halogens is 1. The highest BCUT2D eigenvalue weighted by molar-refractivity contribution is 9.10. The van der Waals surface area contributed by atoms with Crippen LogP contribution in [0.1, 0.15) is 24.1 Å². The van der Waals surface area contributed by atoms with E-state index in [0.717, 1.165) is 10.0 Å². The Morgan fingerprint density at radius 2 is 2.05 bits per heavy atom. The van der Waals surface area contributed by atoms with Crippen molar-refractivity contribution in [1.82, 2.24) is 15.6 Å². The van der Waals surface area contributed by atoms with E-state index < -0.39 is 0 Å². The molecule has 2 rings (SSSR count). The second-order valence-electron chi connectivity index (χ2n) is 4.46. The van der Waals surface area contributed by atoms with Gasteiger partial charge in [0.25, 0.3) is 0 Å². The molecule has 0 saturated carbocycles. The molecule has 0 aliphatic carbocycles. The largest absolute Gasteiger partial charge is 0.359 e. The average Bonchev–Trinajstić information content (AvgIpc) is 2.47. The zero-order valence-electron chi connectivity index (χ0n) is 11.1. The number of aromatic nitrogens is 1. The molecule has 5 heteroatoms. The third-order valence-electron chi connectivity index (χ3n) is 2.89. The van der Waals surface area contributed by atoms with Crippen molar-refractivity contribution in [1.29, 1.82) is 0 Å². The van der Waals surface area contributed by atoms with Gasteiger partial charge in [-0.05, 0) is 48.5 Å². The summed E-state index contributed by atoms with van der Waals surface area (Å²) in [6, 6.07) is 12.3. The monoisotopic (exact) mass is 349 g/mol. The lowest BCUT2D eigenvalue weighted by Gasteiger charge is -2.17. The van der Waals surface area contributed by atoms with Crippen molar-refractivity contribution >= 4 is 33.3 Å². The second-order valence-corrected chi connectivity index (χ2v) is 5.79. The first-order chi connectivity index (χ1) is 9.65. The first-order valence-electron chi connectivity index (χ1n) is 6.34. The third kappa shape index (κ3) is 4.58. The molecule has 3 nitrogen and oxygen atoms in total. The molecule has 20 heavy (non-hydrogen) atoms. The van der Waals surface area contributed by atoms with Gasteiger partial charge in [-0.1, -0.05) is 34.1 Å². The minimum absolute atomic E-state index is 0.164. The summed E-state index contributed by atoms with van der Waals surface area (Å²) < 4.78 is 1.07. The van der Waals surface area contributed by atoms with E-state index in [1.165, 1.54) is 5.56 Å². The minimum atomic E-state index is 0.164. The van der Waals surface area contributed by atoms with Gasteiger partial charge in [0.05, 0.1) is 6.04 Å². The van der Waals surface area contributed by atoms with Crippen LogP contribution in [0, 0.1) is 0 Å². The van der Waals surface area contributed by atoms with Gasteiger partial charge in [-0.25, -0.2) is 0 Å². The second kappa shape index (κ2) is 7.36. The van der Waals surface area contributed by atoms with Crippen LogP contribution < -0.4 is 10.6 Å². The Bertz CT molecular complexity index is 557. The van der Waals surface area contributed by atoms with Crippen molar-refractivity contribution in [3.63, 3.8) is 0 Å². The van der Waals surface area contributed by atoms with E-state index in [9.17, 15) is 0 Å².